The number of hydrogen-bond acceptors (Lipinski definition) is 8. The highest BCUT2D eigenvalue weighted by atomic mass is 35.5. The number of carbonyl (C=O) groups excluding carboxylic acids is 1. The van der Waals surface area contributed by atoms with E-state index in [1.165, 1.54) is 12.2 Å². The second-order valence-corrected chi connectivity index (χ2v) is 9.44. The van der Waals surface area contributed by atoms with Crippen molar-refractivity contribution in [1.29, 1.82) is 0 Å². The quantitative estimate of drug-likeness (QED) is 0.166. The Labute approximate surface area is 234 Å². The molecule has 0 aliphatic heterocycles. The van der Waals surface area contributed by atoms with Gasteiger partial charge in [-0.1, -0.05) is 60.1 Å². The highest BCUT2D eigenvalue weighted by Crippen LogP contribution is 2.47. The Morgan fingerprint density at radius 1 is 0.750 bits per heavy atom. The molecule has 0 saturated carbocycles. The second-order valence-electron chi connectivity index (χ2n) is 9.03. The molecule has 5 aromatic rings. The monoisotopic (exact) mass is 547 g/mol. The van der Waals surface area contributed by atoms with Crippen molar-refractivity contribution in [1.82, 2.24) is 0 Å². The molecule has 40 heavy (non-hydrogen) atoms. The first-order chi connectivity index (χ1) is 19.5. The smallest absolute Gasteiger partial charge is 0.194 e. The summed E-state index contributed by atoms with van der Waals surface area (Å²) in [5.74, 6) is -0.243. The first-order valence-corrected chi connectivity index (χ1v) is 12.8. The molecule has 0 radical (unpaired) electrons. The normalized spacial score (nSPS) is 12.4. The van der Waals surface area contributed by atoms with E-state index in [-0.39, 0.29) is 17.2 Å². The average Bonchev–Trinajstić information content (AvgIpc) is 3.25. The molecule has 8 nitrogen and oxygen atoms in total. The fraction of sp³-hybridized carbons (Fsp3) is 0.0645. The highest BCUT2D eigenvalue weighted by molar-refractivity contribution is 6.33. The molecule has 0 amide bonds. The third kappa shape index (κ3) is 4.29. The molecule has 5 aromatic carbocycles. The van der Waals surface area contributed by atoms with E-state index in [1.807, 2.05) is 54.6 Å². The van der Waals surface area contributed by atoms with Crippen LogP contribution in [0.3, 0.4) is 0 Å². The van der Waals surface area contributed by atoms with E-state index >= 15 is 0 Å². The Balaban J connectivity index is 1.42. The van der Waals surface area contributed by atoms with Crippen LogP contribution in [-0.4, -0.2) is 25.0 Å². The molecule has 0 heterocycles. The van der Waals surface area contributed by atoms with Crippen LogP contribution in [0.1, 0.15) is 15.9 Å². The summed E-state index contributed by atoms with van der Waals surface area (Å²) < 4.78 is 0. The first kappa shape index (κ1) is 25.4. The maximum Gasteiger partial charge on any atom is 0.194 e. The van der Waals surface area contributed by atoms with Gasteiger partial charge in [0, 0.05) is 23.6 Å². The zero-order valence-electron chi connectivity index (χ0n) is 21.5. The number of halogens is 1. The fourth-order valence-electron chi connectivity index (χ4n) is 4.90. The van der Waals surface area contributed by atoms with Gasteiger partial charge >= 0.3 is 0 Å². The van der Waals surface area contributed by atoms with Crippen molar-refractivity contribution in [3.8, 4) is 16.9 Å². The number of carbonyl (C=O) groups is 1. The van der Waals surface area contributed by atoms with Gasteiger partial charge in [0.25, 0.3) is 0 Å². The van der Waals surface area contributed by atoms with Gasteiger partial charge < -0.3 is 5.11 Å². The lowest BCUT2D eigenvalue weighted by Gasteiger charge is -2.24. The molecular weight excluding hydrogens is 526 g/mol. The highest BCUT2D eigenvalue weighted by Gasteiger charge is 2.27. The number of phenolic OH excluding ortho intramolecular Hbond substituents is 1. The lowest BCUT2D eigenvalue weighted by molar-refractivity contribution is 0.104. The van der Waals surface area contributed by atoms with Gasteiger partial charge in [-0.25, -0.2) is 5.06 Å². The molecule has 0 bridgehead atoms. The summed E-state index contributed by atoms with van der Waals surface area (Å²) in [5, 5.41) is 31.5. The van der Waals surface area contributed by atoms with Gasteiger partial charge in [-0.05, 0) is 59.0 Å². The van der Waals surface area contributed by atoms with Crippen LogP contribution in [0.5, 0.6) is 5.75 Å². The number of phenols is 1. The van der Waals surface area contributed by atoms with Gasteiger partial charge in [0.05, 0.1) is 29.2 Å². The molecular formula is C31H22ClN5O3. The molecule has 1 N–H and O–H groups in total. The lowest BCUT2D eigenvalue weighted by atomic mass is 10.1. The number of nitrogens with zero attached hydrogens (tertiary/aromatic N) is 5. The number of benzene rings is 5. The Kier molecular flexibility index (Phi) is 6.55. The summed E-state index contributed by atoms with van der Waals surface area (Å²) in [5.41, 5.74) is 5.02. The van der Waals surface area contributed by atoms with E-state index in [0.29, 0.717) is 44.3 Å². The summed E-state index contributed by atoms with van der Waals surface area (Å²) in [6, 6.07) is 27.3. The van der Waals surface area contributed by atoms with Gasteiger partial charge in [-0.2, -0.15) is 15.3 Å². The topological polar surface area (TPSA) is 99.2 Å². The molecule has 0 saturated heterocycles. The van der Waals surface area contributed by atoms with Crippen LogP contribution in [0.15, 0.2) is 111 Å². The summed E-state index contributed by atoms with van der Waals surface area (Å²) in [6.45, 7) is 0. The van der Waals surface area contributed by atoms with E-state index in [9.17, 15) is 9.90 Å². The van der Waals surface area contributed by atoms with Crippen LogP contribution in [0.2, 0.25) is 5.02 Å². The van der Waals surface area contributed by atoms with E-state index < -0.39 is 0 Å². The first-order valence-electron chi connectivity index (χ1n) is 12.4. The lowest BCUT2D eigenvalue weighted by Crippen LogP contribution is -2.15. The molecule has 0 unspecified atom stereocenters. The molecule has 0 aromatic heterocycles. The summed E-state index contributed by atoms with van der Waals surface area (Å²) in [7, 11) is 3.08. The maximum atomic E-state index is 13.2. The number of fused-ring (bicyclic) bond motifs is 4. The van der Waals surface area contributed by atoms with Crippen molar-refractivity contribution in [2.75, 3.05) is 19.2 Å². The predicted octanol–water partition coefficient (Wildman–Crippen LogP) is 9.24. The zero-order chi connectivity index (χ0) is 27.8. The number of rotatable bonds is 6. The average molecular weight is 548 g/mol. The minimum Gasteiger partial charge on any atom is -0.504 e. The Bertz CT molecular complexity index is 1870. The molecule has 1 aliphatic carbocycles. The van der Waals surface area contributed by atoms with Crippen LogP contribution in [0.4, 0.5) is 28.4 Å². The van der Waals surface area contributed by atoms with Crippen molar-refractivity contribution >= 4 is 56.6 Å². The minimum absolute atomic E-state index is 0.110. The van der Waals surface area contributed by atoms with Gasteiger partial charge in [-0.15, -0.1) is 5.11 Å². The van der Waals surface area contributed by atoms with E-state index in [2.05, 4.69) is 20.5 Å². The van der Waals surface area contributed by atoms with E-state index in [1.54, 1.807) is 43.4 Å². The van der Waals surface area contributed by atoms with Crippen LogP contribution in [-0.2, 0) is 4.84 Å². The summed E-state index contributed by atoms with van der Waals surface area (Å²) in [6.07, 6.45) is 0. The fourth-order valence-corrected chi connectivity index (χ4v) is 5.12. The SMILES string of the molecule is CN=Nc1ccc2c(c1)C(=O)c1cc(N=Nc3c(O)c(N(OC)c4ccccc4Cl)cc4ccccc34)ccc1-2. The third-order valence-electron chi connectivity index (χ3n) is 6.71. The van der Waals surface area contributed by atoms with Gasteiger partial charge in [0.1, 0.15) is 11.4 Å². The van der Waals surface area contributed by atoms with Crippen LogP contribution in [0, 0.1) is 0 Å². The van der Waals surface area contributed by atoms with Gasteiger partial charge in [0.2, 0.25) is 0 Å². The third-order valence-corrected chi connectivity index (χ3v) is 7.03. The van der Waals surface area contributed by atoms with Crippen molar-refractivity contribution in [2.24, 2.45) is 20.5 Å². The number of anilines is 2. The summed E-state index contributed by atoms with van der Waals surface area (Å²) in [4.78, 5) is 18.8. The molecule has 9 heteroatoms. The Hall–Kier alpha value is -4.92. The van der Waals surface area contributed by atoms with Crippen molar-refractivity contribution in [3.63, 3.8) is 0 Å². The molecule has 6 rings (SSSR count). The number of aromatic hydroxyl groups is 1. The standard InChI is InChI=1S/C31H22ClN5O3/c1-33-34-19-11-13-22-23-14-12-20(17-25(23)30(38)24(22)16-19)35-36-29-21-8-4-3-7-18(21)15-28(31(29)39)37(40-2)27-10-6-5-9-26(27)32/h3-17,39H,1-2H3. The molecule has 0 fully saturated rings. The number of ketones is 1. The Morgan fingerprint density at radius 2 is 1.40 bits per heavy atom. The zero-order valence-corrected chi connectivity index (χ0v) is 22.3. The van der Waals surface area contributed by atoms with E-state index in [0.717, 1.165) is 16.5 Å². The molecule has 0 atom stereocenters. The number of para-hydroxylation sites is 1. The second kappa shape index (κ2) is 10.3. The number of azo groups is 2. The van der Waals surface area contributed by atoms with E-state index in [4.69, 9.17) is 16.4 Å². The summed E-state index contributed by atoms with van der Waals surface area (Å²) >= 11 is 6.43. The maximum absolute atomic E-state index is 13.2. The molecule has 0 spiro atoms. The predicted molar refractivity (Wildman–Crippen MR) is 156 cm³/mol. The molecule has 1 aliphatic rings. The molecule has 196 valence electrons. The van der Waals surface area contributed by atoms with Crippen molar-refractivity contribution in [2.45, 2.75) is 0 Å². The van der Waals surface area contributed by atoms with Crippen molar-refractivity contribution in [3.05, 3.63) is 107 Å². The van der Waals surface area contributed by atoms with Crippen molar-refractivity contribution < 1.29 is 14.7 Å². The number of hydrogen-bond donors (Lipinski definition) is 1. The van der Waals surface area contributed by atoms with Gasteiger partial charge in [-0.3, -0.25) is 9.63 Å². The van der Waals surface area contributed by atoms with Crippen LogP contribution in [0.25, 0.3) is 21.9 Å². The van der Waals surface area contributed by atoms with Gasteiger partial charge in [0.15, 0.2) is 11.5 Å². The largest absolute Gasteiger partial charge is 0.504 e. The van der Waals surface area contributed by atoms with Crippen LogP contribution >= 0.6 is 11.6 Å². The minimum atomic E-state index is -0.133. The van der Waals surface area contributed by atoms with Crippen LogP contribution < -0.4 is 5.06 Å². The Morgan fingerprint density at radius 3 is 2.08 bits per heavy atom.